The largest absolute Gasteiger partial charge is 0.496 e. The Hall–Kier alpha value is -3.10. The van der Waals surface area contributed by atoms with E-state index in [1.807, 2.05) is 37.4 Å². The summed E-state index contributed by atoms with van der Waals surface area (Å²) in [5, 5.41) is 19.5. The molecule has 0 spiro atoms. The van der Waals surface area contributed by atoms with Crippen LogP contribution in [0.5, 0.6) is 5.75 Å². The number of hydrogen-bond donors (Lipinski definition) is 3. The van der Waals surface area contributed by atoms with E-state index in [4.69, 9.17) is 16.3 Å². The zero-order valence-electron chi connectivity index (χ0n) is 16.5. The van der Waals surface area contributed by atoms with Crippen molar-refractivity contribution in [3.8, 4) is 17.1 Å². The molecule has 0 radical (unpaired) electrons. The van der Waals surface area contributed by atoms with Gasteiger partial charge in [0.05, 0.1) is 35.1 Å². The highest BCUT2D eigenvalue weighted by molar-refractivity contribution is 6.38. The molecule has 3 N–H and O–H groups in total. The molecule has 9 heteroatoms. The van der Waals surface area contributed by atoms with Crippen molar-refractivity contribution in [2.75, 3.05) is 19.0 Å². The summed E-state index contributed by atoms with van der Waals surface area (Å²) >= 11 is 6.51. The Balaban J connectivity index is 1.64. The summed E-state index contributed by atoms with van der Waals surface area (Å²) < 4.78 is 7.26. The third-order valence-electron chi connectivity index (χ3n) is 4.65. The summed E-state index contributed by atoms with van der Waals surface area (Å²) in [6.07, 6.45) is 1.70. The first-order chi connectivity index (χ1) is 14.1. The van der Waals surface area contributed by atoms with Crippen molar-refractivity contribution in [2.45, 2.75) is 13.5 Å². The van der Waals surface area contributed by atoms with Crippen LogP contribution in [0.4, 0.5) is 11.6 Å². The fraction of sp³-hybridized carbons (Fsp3) is 0.250. The van der Waals surface area contributed by atoms with E-state index in [1.165, 1.54) is 0 Å². The van der Waals surface area contributed by atoms with Gasteiger partial charge in [0.1, 0.15) is 5.75 Å². The molecule has 0 bridgehead atoms. The number of methoxy groups -OCH3 is 1. The normalized spacial score (nSPS) is 11.2. The first-order valence-corrected chi connectivity index (χ1v) is 9.66. The van der Waals surface area contributed by atoms with E-state index in [0.717, 1.165) is 46.6 Å². The van der Waals surface area contributed by atoms with Gasteiger partial charge in [-0.3, -0.25) is 5.10 Å². The van der Waals surface area contributed by atoms with Crippen molar-refractivity contribution in [3.05, 3.63) is 47.1 Å². The van der Waals surface area contributed by atoms with Crippen molar-refractivity contribution in [1.82, 2.24) is 30.3 Å². The molecule has 8 nitrogen and oxygen atoms in total. The van der Waals surface area contributed by atoms with Crippen molar-refractivity contribution >= 4 is 34.1 Å². The first kappa shape index (κ1) is 19.2. The van der Waals surface area contributed by atoms with Gasteiger partial charge in [-0.2, -0.15) is 10.1 Å². The second-order valence-corrected chi connectivity index (χ2v) is 6.96. The van der Waals surface area contributed by atoms with Crippen molar-refractivity contribution < 1.29 is 4.74 Å². The molecule has 0 saturated heterocycles. The molecule has 0 aliphatic carbocycles. The first-order valence-electron chi connectivity index (χ1n) is 9.28. The highest BCUT2D eigenvalue weighted by atomic mass is 35.5. The Morgan fingerprint density at radius 2 is 2.10 bits per heavy atom. The van der Waals surface area contributed by atoms with Crippen molar-refractivity contribution in [2.24, 2.45) is 7.05 Å². The van der Waals surface area contributed by atoms with Crippen LogP contribution in [0.25, 0.3) is 22.3 Å². The number of nitrogens with one attached hydrogen (secondary N) is 3. The summed E-state index contributed by atoms with van der Waals surface area (Å²) in [5.74, 6) is 1.88. The maximum absolute atomic E-state index is 6.51. The Labute approximate surface area is 173 Å². The van der Waals surface area contributed by atoms with Gasteiger partial charge >= 0.3 is 0 Å². The van der Waals surface area contributed by atoms with Crippen LogP contribution in [0.3, 0.4) is 0 Å². The number of aromatic nitrogens is 5. The maximum Gasteiger partial charge on any atom is 0.226 e. The van der Waals surface area contributed by atoms with Gasteiger partial charge in [0.15, 0.2) is 5.82 Å². The number of aromatic amines is 1. The van der Waals surface area contributed by atoms with Crippen LogP contribution in [0, 0.1) is 0 Å². The number of aryl methyl sites for hydroxylation is 1. The minimum Gasteiger partial charge on any atom is -0.496 e. The minimum absolute atomic E-state index is 0.572. The fourth-order valence-corrected chi connectivity index (χ4v) is 3.37. The summed E-state index contributed by atoms with van der Waals surface area (Å²) in [4.78, 5) is 4.65. The molecule has 0 saturated carbocycles. The molecule has 2 aromatic carbocycles. The standard InChI is InChI=1S/C20H22ClN7O/c1-4-22-10-12-5-6-13(17(9-12)29-3)19-25-20(28(2)27-19)24-16-8-7-15-14(18(16)21)11-23-26-15/h5-9,11,22H,4,10H2,1-3H3,(H,23,26)(H,24,25,27). The Morgan fingerprint density at radius 1 is 1.24 bits per heavy atom. The molecule has 0 unspecified atom stereocenters. The van der Waals surface area contributed by atoms with Gasteiger partial charge in [-0.1, -0.05) is 24.6 Å². The SMILES string of the molecule is CCNCc1ccc(-c2nc(Nc3ccc4[nH]ncc4c3Cl)n(C)n2)c(OC)c1. The smallest absolute Gasteiger partial charge is 0.226 e. The van der Waals surface area contributed by atoms with Gasteiger partial charge in [-0.25, -0.2) is 4.68 Å². The lowest BCUT2D eigenvalue weighted by Crippen LogP contribution is -2.11. The number of hydrogen-bond acceptors (Lipinski definition) is 6. The Morgan fingerprint density at radius 3 is 2.90 bits per heavy atom. The van der Waals surface area contributed by atoms with E-state index in [2.05, 4.69) is 37.8 Å². The molecule has 0 atom stereocenters. The molecule has 0 aliphatic heterocycles. The molecule has 0 amide bonds. The zero-order valence-corrected chi connectivity index (χ0v) is 17.2. The molecular weight excluding hydrogens is 390 g/mol. The number of benzene rings is 2. The lowest BCUT2D eigenvalue weighted by atomic mass is 10.1. The van der Waals surface area contributed by atoms with Crippen LogP contribution in [-0.2, 0) is 13.6 Å². The molecule has 4 rings (SSSR count). The van der Waals surface area contributed by atoms with E-state index in [1.54, 1.807) is 18.0 Å². The predicted molar refractivity (Wildman–Crippen MR) is 115 cm³/mol. The Kier molecular flexibility index (Phi) is 5.37. The van der Waals surface area contributed by atoms with Gasteiger partial charge in [0, 0.05) is 19.0 Å². The third-order valence-corrected chi connectivity index (χ3v) is 5.06. The molecule has 2 aromatic heterocycles. The molecule has 4 aromatic rings. The van der Waals surface area contributed by atoms with Gasteiger partial charge in [-0.15, -0.1) is 5.10 Å². The summed E-state index contributed by atoms with van der Waals surface area (Å²) in [6, 6.07) is 9.83. The minimum atomic E-state index is 0.572. The molecule has 0 fully saturated rings. The van der Waals surface area contributed by atoms with Crippen LogP contribution in [0.15, 0.2) is 36.5 Å². The van der Waals surface area contributed by atoms with Gasteiger partial charge < -0.3 is 15.4 Å². The van der Waals surface area contributed by atoms with E-state index in [9.17, 15) is 0 Å². The lowest BCUT2D eigenvalue weighted by molar-refractivity contribution is 0.415. The van der Waals surface area contributed by atoms with Crippen LogP contribution in [0.1, 0.15) is 12.5 Å². The summed E-state index contributed by atoms with van der Waals surface area (Å²) in [6.45, 7) is 3.77. The van der Waals surface area contributed by atoms with E-state index < -0.39 is 0 Å². The number of nitrogens with zero attached hydrogens (tertiary/aromatic N) is 4. The summed E-state index contributed by atoms with van der Waals surface area (Å²) in [7, 11) is 3.48. The molecular formula is C20H22ClN7O. The monoisotopic (exact) mass is 411 g/mol. The second-order valence-electron chi connectivity index (χ2n) is 6.58. The quantitative estimate of drug-likeness (QED) is 0.427. The predicted octanol–water partition coefficient (Wildman–Crippen LogP) is 3.87. The van der Waals surface area contributed by atoms with Crippen molar-refractivity contribution in [1.29, 1.82) is 0 Å². The number of halogens is 1. The number of ether oxygens (including phenoxy) is 1. The fourth-order valence-electron chi connectivity index (χ4n) is 3.11. The van der Waals surface area contributed by atoms with Crippen LogP contribution >= 0.6 is 11.6 Å². The van der Waals surface area contributed by atoms with Crippen LogP contribution in [-0.4, -0.2) is 38.6 Å². The number of rotatable bonds is 7. The molecule has 0 aliphatic rings. The third kappa shape index (κ3) is 3.76. The molecule has 2 heterocycles. The zero-order chi connectivity index (χ0) is 20.4. The average molecular weight is 412 g/mol. The molecule has 29 heavy (non-hydrogen) atoms. The van der Waals surface area contributed by atoms with Gasteiger partial charge in [-0.05, 0) is 36.4 Å². The number of H-pyrrole nitrogens is 1. The van der Waals surface area contributed by atoms with Gasteiger partial charge in [0.2, 0.25) is 5.95 Å². The van der Waals surface area contributed by atoms with Crippen molar-refractivity contribution in [3.63, 3.8) is 0 Å². The van der Waals surface area contributed by atoms with Crippen LogP contribution < -0.4 is 15.4 Å². The van der Waals surface area contributed by atoms with E-state index in [0.29, 0.717) is 16.8 Å². The maximum atomic E-state index is 6.51. The van der Waals surface area contributed by atoms with Gasteiger partial charge in [0.25, 0.3) is 0 Å². The van der Waals surface area contributed by atoms with Crippen LogP contribution in [0.2, 0.25) is 5.02 Å². The highest BCUT2D eigenvalue weighted by Crippen LogP contribution is 2.33. The van der Waals surface area contributed by atoms with E-state index in [-0.39, 0.29) is 0 Å². The number of fused-ring (bicyclic) bond motifs is 1. The number of anilines is 2. The average Bonchev–Trinajstić information content (AvgIpc) is 3.35. The summed E-state index contributed by atoms with van der Waals surface area (Å²) in [5.41, 5.74) is 3.58. The molecule has 150 valence electrons. The Bertz CT molecular complexity index is 1150. The lowest BCUT2D eigenvalue weighted by Gasteiger charge is -2.09. The van der Waals surface area contributed by atoms with E-state index >= 15 is 0 Å². The second kappa shape index (κ2) is 8.10. The topological polar surface area (TPSA) is 92.7 Å². The highest BCUT2D eigenvalue weighted by Gasteiger charge is 2.16.